The minimum atomic E-state index is -2.55. The third kappa shape index (κ3) is 27.3. The average molecular weight is 2110 g/mol. The maximum Gasteiger partial charge on any atom is 0.217 e. The highest BCUT2D eigenvalue weighted by Gasteiger charge is 2.63. The lowest BCUT2D eigenvalue weighted by Gasteiger charge is -2.50. The molecule has 11 fully saturated rings. The molecule has 0 aromatic heterocycles. The summed E-state index contributed by atoms with van der Waals surface area (Å²) in [5, 5.41) is 350. The Bertz CT molecular complexity index is 3980. The number of carbonyl (C=O) groups is 6. The predicted molar refractivity (Wildman–Crippen MR) is 444 cm³/mol. The molecule has 0 spiro atoms. The first-order chi connectivity index (χ1) is 68.3. The van der Waals surface area contributed by atoms with Gasteiger partial charge in [0.1, 0.15) is 268 Å². The van der Waals surface area contributed by atoms with E-state index in [1.165, 1.54) is 0 Å². The van der Waals surface area contributed by atoms with Gasteiger partial charge in [-0.2, -0.15) is 0 Å². The van der Waals surface area contributed by atoms with Gasteiger partial charge in [-0.05, 0) is 0 Å². The van der Waals surface area contributed by atoms with Crippen molar-refractivity contribution in [1.29, 1.82) is 0 Å². The van der Waals surface area contributed by atoms with E-state index in [1.54, 1.807) is 0 Å². The van der Waals surface area contributed by atoms with Crippen molar-refractivity contribution in [3.05, 3.63) is 0 Å². The lowest BCUT2D eigenvalue weighted by Crippen LogP contribution is -2.70. The molecule has 0 aromatic carbocycles. The molecular weight excluding hydrogens is 1970 g/mol. The van der Waals surface area contributed by atoms with E-state index in [2.05, 4.69) is 31.9 Å². The van der Waals surface area contributed by atoms with Gasteiger partial charge in [-0.15, -0.1) is 0 Å². The van der Waals surface area contributed by atoms with Crippen LogP contribution in [0.3, 0.4) is 0 Å². The molecule has 64 nitrogen and oxygen atoms in total. The minimum absolute atomic E-state index is 0.244. The second kappa shape index (κ2) is 53.3. The van der Waals surface area contributed by atoms with Gasteiger partial charge in [-0.1, -0.05) is 0 Å². The van der Waals surface area contributed by atoms with E-state index in [-0.39, 0.29) is 6.41 Å². The molecule has 11 aliphatic rings. The fourth-order valence-electron chi connectivity index (χ4n) is 18.2. The maximum absolute atomic E-state index is 13.3. The van der Waals surface area contributed by atoms with Crippen molar-refractivity contribution in [2.75, 3.05) is 85.9 Å². The molecule has 0 aromatic rings. The number of nitrogens with one attached hydrogen (secondary N) is 6. The Balaban J connectivity index is 0.815. The maximum atomic E-state index is 13.3. The zero-order valence-electron chi connectivity index (χ0n) is 77.4. The molecule has 11 heterocycles. The molecule has 56 atom stereocenters. The van der Waals surface area contributed by atoms with Crippen LogP contribution in [0.25, 0.3) is 0 Å². The van der Waals surface area contributed by atoms with Gasteiger partial charge in [0.2, 0.25) is 35.9 Å². The molecule has 6 amide bonds. The second-order valence-electron chi connectivity index (χ2n) is 36.1. The van der Waals surface area contributed by atoms with E-state index in [1.807, 2.05) is 0 Å². The van der Waals surface area contributed by atoms with Crippen molar-refractivity contribution >= 4 is 35.9 Å². The van der Waals surface area contributed by atoms with Crippen LogP contribution in [0.2, 0.25) is 0 Å². The zero-order chi connectivity index (χ0) is 106. The van der Waals surface area contributed by atoms with Gasteiger partial charge in [0.15, 0.2) is 69.2 Å². The number of rotatable bonds is 42. The van der Waals surface area contributed by atoms with Crippen molar-refractivity contribution in [3.8, 4) is 0 Å². The molecular formula is C80H134N6O58. The molecule has 0 bridgehead atoms. The molecule has 64 heteroatoms. The normalized spacial score (nSPS) is 47.3. The predicted octanol–water partition coefficient (Wildman–Crippen LogP) is -25.1. The molecule has 11 aliphatic heterocycles. The van der Waals surface area contributed by atoms with Crippen molar-refractivity contribution in [2.24, 2.45) is 0 Å². The highest BCUT2D eigenvalue weighted by molar-refractivity contribution is 5.75. The molecule has 11 saturated heterocycles. The number of aliphatic hydroxyl groups is 30. The largest absolute Gasteiger partial charge is 0.394 e. The van der Waals surface area contributed by atoms with Gasteiger partial charge in [0, 0.05) is 34.6 Å². The lowest BCUT2D eigenvalue weighted by molar-refractivity contribution is -0.384. The van der Waals surface area contributed by atoms with Crippen LogP contribution in [-0.2, 0) is 133 Å². The molecule has 0 unspecified atom stereocenters. The molecule has 0 aliphatic carbocycles. The Labute approximate surface area is 815 Å². The Hall–Kier alpha value is -5.26. The Morgan fingerprint density at radius 2 is 0.444 bits per heavy atom. The van der Waals surface area contributed by atoms with Crippen molar-refractivity contribution in [3.63, 3.8) is 0 Å². The Morgan fingerprint density at radius 1 is 0.229 bits per heavy atom. The van der Waals surface area contributed by atoms with Crippen LogP contribution in [0, 0.1) is 0 Å². The van der Waals surface area contributed by atoms with E-state index in [0.717, 1.165) is 34.6 Å². The standard InChI is InChI=1S/C80H134N6O58/c1-20(97)82-37-48(108)42(102)26(7-88)127-70(37)124-16-34-44(104)54(114)58(118)77(135-34)139-63-29(10-91)130-72(38(49(63)109)83-21(2)98)126-18-36-47(107)69(144-74-41(86-24(5)101)51(111)65(31(12-93)133-74)138-76-57(117)53(113)43(103)27(8-89)128-76)62(122)80(137-36)141-64-30(11-92)131-71(39(50(64)110)84-22(3)99)125-17-35-45(105)55(115)59(119)78(136-35)140-66-32(13-94)132-73(40(52(66)112)85-23(4)100)143-68-46(106)28(9-90)129-79(61(68)121)142-67-33(14-95)134-75(60(120)56(67)116)123-15-25(6-87)81-19-96/h19,25-80,87-95,102-122H,6-18H2,1-5H3,(H,81,96)(H,82,97)(H,83,98)(H,84,99)(H,85,100)(H,86,101)/t25-,26-,27-,28-,29-,30-,31-,32-,33-,34-,35-,36-,37-,38-,39-,40-,41-,42-,43+,44+,45+,46+,47+,48-,49-,50-,51-,52-,53+,54+,55+,56-,57-,58-,59-,60-,61-,62-,63-,64-,65-,66-,67-,68+,69+,70-,71-,72-,73+,74+,75-,76+,77+,78+,79+,80+/m1/s1. The Kier molecular flexibility index (Phi) is 44.1. The summed E-state index contributed by atoms with van der Waals surface area (Å²) in [6.45, 7) is -8.27. The van der Waals surface area contributed by atoms with Crippen LogP contribution in [0.4, 0.5) is 0 Å². The second-order valence-corrected chi connectivity index (χ2v) is 36.1. The van der Waals surface area contributed by atoms with E-state index in [9.17, 15) is 182 Å². The first-order valence-corrected chi connectivity index (χ1v) is 45.9. The summed E-state index contributed by atoms with van der Waals surface area (Å²) in [5.74, 6) is -4.67. The van der Waals surface area contributed by atoms with Gasteiger partial charge < -0.3 is 289 Å². The van der Waals surface area contributed by atoms with Gasteiger partial charge in [-0.25, -0.2) is 0 Å². The smallest absolute Gasteiger partial charge is 0.217 e. The molecule has 0 radical (unpaired) electrons. The van der Waals surface area contributed by atoms with Crippen LogP contribution in [0.15, 0.2) is 0 Å². The van der Waals surface area contributed by atoms with Crippen LogP contribution in [0.1, 0.15) is 34.6 Å². The van der Waals surface area contributed by atoms with Crippen LogP contribution < -0.4 is 31.9 Å². The topological polar surface area (TPSA) is 985 Å². The van der Waals surface area contributed by atoms with Crippen molar-refractivity contribution in [2.45, 2.75) is 378 Å². The van der Waals surface area contributed by atoms with Gasteiger partial charge in [0.05, 0.1) is 91.9 Å². The van der Waals surface area contributed by atoms with Crippen molar-refractivity contribution in [1.82, 2.24) is 31.9 Å². The zero-order valence-corrected chi connectivity index (χ0v) is 77.4. The summed E-state index contributed by atoms with van der Waals surface area (Å²) in [5.41, 5.74) is 0. The average Bonchev–Trinajstić information content (AvgIpc) is 0.763. The van der Waals surface area contributed by atoms with Crippen molar-refractivity contribution < 1.29 is 286 Å². The number of hydrogen-bond acceptors (Lipinski definition) is 58. The molecule has 0 saturated carbocycles. The number of ether oxygens (including phenoxy) is 22. The van der Waals surface area contributed by atoms with Crippen LogP contribution in [-0.4, -0.2) is 619 Å². The monoisotopic (exact) mass is 2110 g/mol. The summed E-state index contributed by atoms with van der Waals surface area (Å²) in [7, 11) is 0. The van der Waals surface area contributed by atoms with E-state index < -0.39 is 459 Å². The van der Waals surface area contributed by atoms with Gasteiger partial charge in [-0.3, -0.25) is 28.8 Å². The Morgan fingerprint density at radius 3 is 0.743 bits per heavy atom. The summed E-state index contributed by atoms with van der Waals surface area (Å²) < 4.78 is 130. The number of amides is 6. The third-order valence-corrected chi connectivity index (χ3v) is 25.9. The number of aliphatic hydroxyl groups excluding tert-OH is 30. The quantitative estimate of drug-likeness (QED) is 0.0252. The molecule has 144 heavy (non-hydrogen) atoms. The van der Waals surface area contributed by atoms with Gasteiger partial charge in [0.25, 0.3) is 0 Å². The fraction of sp³-hybridized carbons (Fsp3) is 0.925. The molecule has 36 N–H and O–H groups in total. The van der Waals surface area contributed by atoms with Gasteiger partial charge >= 0.3 is 0 Å². The summed E-state index contributed by atoms with van der Waals surface area (Å²) in [6.07, 6.45) is -103. The number of carbonyl (C=O) groups excluding carboxylic acids is 6. The minimum Gasteiger partial charge on any atom is -0.394 e. The van der Waals surface area contributed by atoms with E-state index >= 15 is 0 Å². The summed E-state index contributed by atoms with van der Waals surface area (Å²) >= 11 is 0. The SMILES string of the molecule is CC(=O)N[C@H]1[C@H](OC[C@H]2O[C@@H](O[C@H]3[C@H](O)[C@@H](NC(C)=O)[C@H](OC[C@H]4O[C@@H](O[C@H]5[C@H](O)[C@@H](NC(C)=O)[C@H](O[C@H]6[C@@H](O)[C@@H](CO)O[C@@H](O[C@H]7[C@H](O)[C@@H](O)[C@H](OC[C@@H](CO)NC=O)O[C@@H]7CO)[C@@H]6O)O[C@@H]5CO)[C@H](O)[C@@H](O)[C@H]4O)O[C@@H]3CO)[C@H](O)[C@@H](O[C@@H]3O[C@H](CO)[C@@H](O[C@@H]4O[C@H](CO)[C@H](O)[C@H](O)[C@H]4O)[C@H](O)[C@H]3NC(C)=O)[C@H]2O)O[C@H](CO)[C@@H](O[C@@H]2O[C@H](CO[C@@H]3O[C@H](CO)[C@@H](O)[C@H](O)[C@H]3NC(C)=O)[C@H](O)[C@H](O)[C@H]2O)[C@@H]1O. The summed E-state index contributed by atoms with van der Waals surface area (Å²) in [6, 6.07) is -10.4. The molecule has 11 rings (SSSR count). The number of hydrogen-bond donors (Lipinski definition) is 36. The third-order valence-electron chi connectivity index (χ3n) is 25.9. The van der Waals surface area contributed by atoms with E-state index in [4.69, 9.17) is 104 Å². The summed E-state index contributed by atoms with van der Waals surface area (Å²) in [4.78, 5) is 75.6. The fourth-order valence-corrected chi connectivity index (χ4v) is 18.2. The first kappa shape index (κ1) is 119. The van der Waals surface area contributed by atoms with E-state index in [0.29, 0.717) is 0 Å². The van der Waals surface area contributed by atoms with Crippen LogP contribution in [0.5, 0.6) is 0 Å². The first-order valence-electron chi connectivity index (χ1n) is 45.9. The highest BCUT2D eigenvalue weighted by Crippen LogP contribution is 2.41. The lowest BCUT2D eigenvalue weighted by atomic mass is 9.94. The molecule has 832 valence electrons. The highest BCUT2D eigenvalue weighted by atomic mass is 16.8. The van der Waals surface area contributed by atoms with Crippen LogP contribution >= 0.6 is 0 Å².